The minimum Gasteiger partial charge on any atom is -0.289 e. The summed E-state index contributed by atoms with van der Waals surface area (Å²) in [5, 5.41) is 6.66. The molecule has 2 heteroatoms. The van der Waals surface area contributed by atoms with Crippen LogP contribution in [0.15, 0.2) is 60.7 Å². The van der Waals surface area contributed by atoms with E-state index in [-0.39, 0.29) is 11.6 Å². The normalized spacial score (nSPS) is 13.0. The zero-order chi connectivity index (χ0) is 25.1. The van der Waals surface area contributed by atoms with E-state index in [9.17, 15) is 9.59 Å². The van der Waals surface area contributed by atoms with Crippen molar-refractivity contribution in [1.29, 1.82) is 0 Å². The Balaban J connectivity index is 1.65. The molecule has 1 aliphatic rings. The van der Waals surface area contributed by atoms with Crippen molar-refractivity contribution in [2.45, 2.75) is 53.4 Å². The van der Waals surface area contributed by atoms with E-state index in [1.165, 1.54) is 21.9 Å². The number of hydrogen-bond acceptors (Lipinski definition) is 2. The van der Waals surface area contributed by atoms with Crippen molar-refractivity contribution in [3.63, 3.8) is 0 Å². The first kappa shape index (κ1) is 22.7. The molecule has 2 nitrogen and oxygen atoms in total. The van der Waals surface area contributed by atoms with E-state index in [1.54, 1.807) is 0 Å². The lowest BCUT2D eigenvalue weighted by molar-refractivity contribution is 0.0977. The molecule has 0 aromatic heterocycles. The van der Waals surface area contributed by atoms with Gasteiger partial charge in [0.25, 0.3) is 0 Å². The maximum atomic E-state index is 14.1. The van der Waals surface area contributed by atoms with E-state index in [1.807, 2.05) is 12.1 Å². The van der Waals surface area contributed by atoms with Crippen LogP contribution in [0.4, 0.5) is 0 Å². The zero-order valence-electron chi connectivity index (χ0n) is 21.4. The van der Waals surface area contributed by atoms with E-state index < -0.39 is 0 Å². The molecule has 5 aromatic rings. The average Bonchev–Trinajstić information content (AvgIpc) is 2.90. The van der Waals surface area contributed by atoms with Crippen LogP contribution < -0.4 is 0 Å². The minimum atomic E-state index is 0.00371. The van der Waals surface area contributed by atoms with Gasteiger partial charge in [0.15, 0.2) is 11.6 Å². The fourth-order valence-electron chi connectivity index (χ4n) is 6.49. The number of carbonyl (C=O) groups excluding carboxylic acids is 2. The van der Waals surface area contributed by atoms with Crippen LogP contribution in [0.5, 0.6) is 0 Å². The number of rotatable bonds is 4. The van der Waals surface area contributed by atoms with E-state index in [0.29, 0.717) is 22.3 Å². The standard InChI is InChI=1S/C34H30O2/c1-5-25-26(6-2)28(8-4)32-31(27(25)7-3)33(35)29-17-23-15-21-13-19-11-9-10-12-20(19)14-22(21)16-24(23)18-30(29)34(32)36/h9-18H,5-8H2,1-4H3. The van der Waals surface area contributed by atoms with Crippen molar-refractivity contribution in [3.8, 4) is 0 Å². The third kappa shape index (κ3) is 3.10. The van der Waals surface area contributed by atoms with Crippen LogP contribution in [0.1, 0.15) is 81.8 Å². The van der Waals surface area contributed by atoms with Crippen molar-refractivity contribution in [1.82, 2.24) is 0 Å². The van der Waals surface area contributed by atoms with Gasteiger partial charge in [0.05, 0.1) is 0 Å². The summed E-state index contributed by atoms with van der Waals surface area (Å²) in [4.78, 5) is 28.2. The SMILES string of the molecule is CCc1c(CC)c(CC)c2c(c1CC)C(=O)c1cc3cc4cc5ccccc5cc4cc3cc1C2=O. The second-order valence-electron chi connectivity index (χ2n) is 9.88. The Labute approximate surface area is 212 Å². The third-order valence-electron chi connectivity index (χ3n) is 8.10. The van der Waals surface area contributed by atoms with Crippen LogP contribution >= 0.6 is 0 Å². The number of fused-ring (bicyclic) bond motifs is 5. The Kier molecular flexibility index (Phi) is 5.30. The molecule has 0 aliphatic heterocycles. The molecule has 0 saturated carbocycles. The molecule has 1 aliphatic carbocycles. The summed E-state index contributed by atoms with van der Waals surface area (Å²) in [7, 11) is 0. The van der Waals surface area contributed by atoms with Crippen molar-refractivity contribution in [3.05, 3.63) is 105 Å². The molecule has 5 aromatic carbocycles. The molecule has 0 spiro atoms. The topological polar surface area (TPSA) is 34.1 Å². The Bertz CT molecular complexity index is 1630. The molecule has 0 unspecified atom stereocenters. The van der Waals surface area contributed by atoms with Gasteiger partial charge in [-0.1, -0.05) is 52.0 Å². The Morgan fingerprint density at radius 2 is 0.778 bits per heavy atom. The van der Waals surface area contributed by atoms with Crippen LogP contribution in [-0.2, 0) is 25.7 Å². The van der Waals surface area contributed by atoms with Crippen LogP contribution in [0.25, 0.3) is 32.3 Å². The maximum Gasteiger partial charge on any atom is 0.194 e. The molecule has 36 heavy (non-hydrogen) atoms. The van der Waals surface area contributed by atoms with E-state index in [4.69, 9.17) is 0 Å². The van der Waals surface area contributed by atoms with Crippen molar-refractivity contribution in [2.24, 2.45) is 0 Å². The zero-order valence-corrected chi connectivity index (χ0v) is 21.4. The number of ketones is 2. The Hall–Kier alpha value is -3.78. The van der Waals surface area contributed by atoms with Crippen LogP contribution in [0, 0.1) is 0 Å². The van der Waals surface area contributed by atoms with Gasteiger partial charge in [-0.3, -0.25) is 9.59 Å². The molecule has 0 amide bonds. The van der Waals surface area contributed by atoms with E-state index in [2.05, 4.69) is 76.2 Å². The fraction of sp³-hybridized carbons (Fsp3) is 0.235. The monoisotopic (exact) mass is 470 g/mol. The van der Waals surface area contributed by atoms with Gasteiger partial charge in [0.2, 0.25) is 0 Å². The summed E-state index contributed by atoms with van der Waals surface area (Å²) < 4.78 is 0. The highest BCUT2D eigenvalue weighted by Crippen LogP contribution is 2.39. The highest BCUT2D eigenvalue weighted by Gasteiger charge is 2.36. The smallest absolute Gasteiger partial charge is 0.194 e. The summed E-state index contributed by atoms with van der Waals surface area (Å²) >= 11 is 0. The number of carbonyl (C=O) groups is 2. The third-order valence-corrected chi connectivity index (χ3v) is 8.10. The van der Waals surface area contributed by atoms with E-state index >= 15 is 0 Å². The van der Waals surface area contributed by atoms with Crippen LogP contribution in [0.2, 0.25) is 0 Å². The fourth-order valence-corrected chi connectivity index (χ4v) is 6.49. The minimum absolute atomic E-state index is 0.00371. The molecular formula is C34H30O2. The highest BCUT2D eigenvalue weighted by molar-refractivity contribution is 6.31. The summed E-state index contributed by atoms with van der Waals surface area (Å²) in [6, 6.07) is 21.0. The molecule has 6 rings (SSSR count). The Morgan fingerprint density at radius 1 is 0.444 bits per heavy atom. The van der Waals surface area contributed by atoms with Crippen LogP contribution in [-0.4, -0.2) is 11.6 Å². The molecule has 0 atom stereocenters. The summed E-state index contributed by atoms with van der Waals surface area (Å²) in [5.41, 5.74) is 7.06. The number of hydrogen-bond donors (Lipinski definition) is 0. The summed E-state index contributed by atoms with van der Waals surface area (Å²) in [5.74, 6) is 0.00743. The molecule has 0 radical (unpaired) electrons. The lowest BCUT2D eigenvalue weighted by Gasteiger charge is -2.28. The van der Waals surface area contributed by atoms with Gasteiger partial charge < -0.3 is 0 Å². The van der Waals surface area contributed by atoms with Crippen molar-refractivity contribution in [2.75, 3.05) is 0 Å². The van der Waals surface area contributed by atoms with Gasteiger partial charge in [-0.05, 0) is 117 Å². The predicted molar refractivity (Wildman–Crippen MR) is 150 cm³/mol. The molecule has 0 saturated heterocycles. The van der Waals surface area contributed by atoms with Crippen LogP contribution in [0.3, 0.4) is 0 Å². The molecule has 0 fully saturated rings. The van der Waals surface area contributed by atoms with E-state index in [0.717, 1.165) is 58.4 Å². The average molecular weight is 471 g/mol. The largest absolute Gasteiger partial charge is 0.289 e. The lowest BCUT2D eigenvalue weighted by Crippen LogP contribution is -2.26. The van der Waals surface area contributed by atoms with Gasteiger partial charge in [-0.15, -0.1) is 0 Å². The van der Waals surface area contributed by atoms with Gasteiger partial charge in [0, 0.05) is 22.3 Å². The van der Waals surface area contributed by atoms with Gasteiger partial charge in [-0.25, -0.2) is 0 Å². The molecular weight excluding hydrogens is 440 g/mol. The second kappa shape index (κ2) is 8.41. The first-order valence-corrected chi connectivity index (χ1v) is 13.2. The van der Waals surface area contributed by atoms with Gasteiger partial charge in [-0.2, -0.15) is 0 Å². The lowest BCUT2D eigenvalue weighted by atomic mass is 9.73. The quantitative estimate of drug-likeness (QED) is 0.244. The Morgan fingerprint density at radius 3 is 1.14 bits per heavy atom. The summed E-state index contributed by atoms with van der Waals surface area (Å²) in [6.45, 7) is 8.52. The second-order valence-corrected chi connectivity index (χ2v) is 9.88. The van der Waals surface area contributed by atoms with Crippen molar-refractivity contribution >= 4 is 43.9 Å². The summed E-state index contributed by atoms with van der Waals surface area (Å²) in [6.07, 6.45) is 3.25. The van der Waals surface area contributed by atoms with Crippen molar-refractivity contribution < 1.29 is 9.59 Å². The molecule has 178 valence electrons. The maximum absolute atomic E-state index is 14.1. The first-order chi connectivity index (χ1) is 17.5. The molecule has 0 heterocycles. The molecule has 0 bridgehead atoms. The molecule has 0 N–H and O–H groups in total. The van der Waals surface area contributed by atoms with Gasteiger partial charge >= 0.3 is 0 Å². The number of benzene rings is 5. The van der Waals surface area contributed by atoms with Gasteiger partial charge in [0.1, 0.15) is 0 Å². The highest BCUT2D eigenvalue weighted by atomic mass is 16.1. The predicted octanol–water partition coefficient (Wildman–Crippen LogP) is 8.17. The first-order valence-electron chi connectivity index (χ1n) is 13.2.